The summed E-state index contributed by atoms with van der Waals surface area (Å²) in [6, 6.07) is 24.6. The number of hydrogen-bond donors (Lipinski definition) is 1. The first-order valence-electron chi connectivity index (χ1n) is 10.6. The molecule has 0 aliphatic carbocycles. The summed E-state index contributed by atoms with van der Waals surface area (Å²) in [5.74, 6) is 1.19. The maximum atomic E-state index is 11.8. The Morgan fingerprint density at radius 1 is 0.971 bits per heavy atom. The van der Waals surface area contributed by atoms with E-state index in [0.717, 1.165) is 16.7 Å². The number of benzene rings is 3. The molecule has 0 radical (unpaired) electrons. The molecule has 0 unspecified atom stereocenters. The number of nitrogen functional groups attached to an aromatic ring is 1. The van der Waals surface area contributed by atoms with Crippen LogP contribution in [0.2, 0.25) is 0 Å². The normalized spacial score (nSPS) is 10.9. The Kier molecular flexibility index (Phi) is 5.61. The number of nitrogens with zero attached hydrogens (tertiary/aromatic N) is 4. The number of hydrogen-bond acceptors (Lipinski definition) is 7. The number of fused-ring (bicyclic) bond motifs is 1. The van der Waals surface area contributed by atoms with Crippen LogP contribution in [0.1, 0.15) is 15.9 Å². The largest absolute Gasteiger partial charge is 0.489 e. The van der Waals surface area contributed by atoms with Gasteiger partial charge in [-0.25, -0.2) is 19.3 Å². The number of esters is 1. The zero-order valence-corrected chi connectivity index (χ0v) is 18.4. The van der Waals surface area contributed by atoms with Crippen molar-refractivity contribution in [1.82, 2.24) is 19.6 Å². The molecule has 0 aliphatic rings. The summed E-state index contributed by atoms with van der Waals surface area (Å²) in [6.45, 7) is 0.456. The van der Waals surface area contributed by atoms with Gasteiger partial charge in [-0.2, -0.15) is 5.10 Å². The van der Waals surface area contributed by atoms with Crippen LogP contribution in [0.4, 0.5) is 5.82 Å². The second-order valence-electron chi connectivity index (χ2n) is 7.56. The van der Waals surface area contributed by atoms with E-state index in [0.29, 0.717) is 40.8 Å². The van der Waals surface area contributed by atoms with Crippen LogP contribution in [0.3, 0.4) is 0 Å². The lowest BCUT2D eigenvalue weighted by Gasteiger charge is -2.08. The highest BCUT2D eigenvalue weighted by molar-refractivity contribution is 5.91. The van der Waals surface area contributed by atoms with Crippen LogP contribution in [-0.4, -0.2) is 32.7 Å². The summed E-state index contributed by atoms with van der Waals surface area (Å²) in [5.41, 5.74) is 10.6. The van der Waals surface area contributed by atoms with Crippen LogP contribution in [0.15, 0.2) is 85.2 Å². The molecule has 2 aromatic heterocycles. The molecule has 0 saturated heterocycles. The lowest BCUT2D eigenvalue weighted by Crippen LogP contribution is -2.02. The maximum absolute atomic E-state index is 11.8. The fraction of sp³-hybridized carbons (Fsp3) is 0.0769. The molecule has 0 atom stereocenters. The third-order valence-corrected chi connectivity index (χ3v) is 5.38. The number of carbonyl (C=O) groups excluding carboxylic acids is 1. The van der Waals surface area contributed by atoms with Crippen molar-refractivity contribution >= 4 is 17.3 Å². The molecule has 34 heavy (non-hydrogen) atoms. The van der Waals surface area contributed by atoms with Gasteiger partial charge < -0.3 is 15.2 Å². The lowest BCUT2D eigenvalue weighted by atomic mass is 10.1. The molecule has 0 amide bonds. The number of carbonyl (C=O) groups is 1. The van der Waals surface area contributed by atoms with Crippen molar-refractivity contribution in [2.24, 2.45) is 0 Å². The molecular weight excluding hydrogens is 430 g/mol. The van der Waals surface area contributed by atoms with Crippen molar-refractivity contribution in [2.75, 3.05) is 12.8 Å². The Hall–Kier alpha value is -4.72. The highest BCUT2D eigenvalue weighted by Gasteiger charge is 2.19. The Labute approximate surface area is 195 Å². The predicted octanol–water partition coefficient (Wildman–Crippen LogP) is 4.41. The molecule has 0 saturated carbocycles. The van der Waals surface area contributed by atoms with Crippen molar-refractivity contribution in [3.05, 3.63) is 96.3 Å². The molecule has 0 aliphatic heterocycles. The highest BCUT2D eigenvalue weighted by Crippen LogP contribution is 2.33. The van der Waals surface area contributed by atoms with Gasteiger partial charge in [-0.05, 0) is 29.8 Å². The summed E-state index contributed by atoms with van der Waals surface area (Å²) in [7, 11) is 1.35. The summed E-state index contributed by atoms with van der Waals surface area (Å²) in [6.07, 6.45) is 1.39. The quantitative estimate of drug-likeness (QED) is 0.381. The summed E-state index contributed by atoms with van der Waals surface area (Å²) >= 11 is 0. The van der Waals surface area contributed by atoms with Crippen molar-refractivity contribution in [1.29, 1.82) is 0 Å². The molecule has 2 heterocycles. The Morgan fingerprint density at radius 2 is 1.76 bits per heavy atom. The molecular formula is C26H21N5O3. The fourth-order valence-electron chi connectivity index (χ4n) is 3.69. The van der Waals surface area contributed by atoms with E-state index in [4.69, 9.17) is 20.2 Å². The summed E-state index contributed by atoms with van der Waals surface area (Å²) in [4.78, 5) is 20.8. The monoisotopic (exact) mass is 451 g/mol. The van der Waals surface area contributed by atoms with Gasteiger partial charge in [0.1, 0.15) is 29.9 Å². The molecule has 0 fully saturated rings. The van der Waals surface area contributed by atoms with Crippen molar-refractivity contribution < 1.29 is 14.3 Å². The Balaban J connectivity index is 1.54. The minimum absolute atomic E-state index is 0.311. The van der Waals surface area contributed by atoms with Crippen molar-refractivity contribution in [3.8, 4) is 28.4 Å². The molecule has 5 aromatic rings. The van der Waals surface area contributed by atoms with Crippen LogP contribution < -0.4 is 10.5 Å². The number of ether oxygens (including phenoxy) is 2. The number of anilines is 1. The minimum atomic E-state index is -0.404. The second-order valence-corrected chi connectivity index (χ2v) is 7.56. The molecule has 0 spiro atoms. The molecule has 5 rings (SSSR count). The third kappa shape index (κ3) is 4.04. The number of imidazole rings is 1. The SMILES string of the molecule is COC(=O)c1ccc(-c2nc(-c3cccc(OCc4ccccc4)c3)c3c(N)ncnn23)cc1. The van der Waals surface area contributed by atoms with E-state index >= 15 is 0 Å². The van der Waals surface area contributed by atoms with E-state index in [-0.39, 0.29) is 0 Å². The van der Waals surface area contributed by atoms with Crippen molar-refractivity contribution in [3.63, 3.8) is 0 Å². The van der Waals surface area contributed by atoms with E-state index in [1.165, 1.54) is 13.4 Å². The zero-order valence-electron chi connectivity index (χ0n) is 18.4. The Bertz CT molecular complexity index is 1460. The standard InChI is InChI=1S/C26H21N5O3/c1-33-26(32)19-12-10-18(11-13-19)25-30-22(23-24(27)28-16-29-31(23)25)20-8-5-9-21(14-20)34-15-17-6-3-2-4-7-17/h2-14,16H,15H2,1H3,(H2,27,28,29). The maximum Gasteiger partial charge on any atom is 0.337 e. The Morgan fingerprint density at radius 3 is 2.53 bits per heavy atom. The first kappa shape index (κ1) is 21.1. The van der Waals surface area contributed by atoms with Gasteiger partial charge in [-0.15, -0.1) is 0 Å². The van der Waals surface area contributed by atoms with E-state index in [2.05, 4.69) is 10.1 Å². The first-order chi connectivity index (χ1) is 16.6. The molecule has 3 aromatic carbocycles. The third-order valence-electron chi connectivity index (χ3n) is 5.38. The molecule has 8 heteroatoms. The van der Waals surface area contributed by atoms with E-state index in [1.807, 2.05) is 54.6 Å². The minimum Gasteiger partial charge on any atom is -0.489 e. The smallest absolute Gasteiger partial charge is 0.337 e. The summed E-state index contributed by atoms with van der Waals surface area (Å²) in [5, 5.41) is 4.38. The molecule has 0 bridgehead atoms. The van der Waals surface area contributed by atoms with Gasteiger partial charge in [0.2, 0.25) is 0 Å². The van der Waals surface area contributed by atoms with E-state index in [9.17, 15) is 4.79 Å². The predicted molar refractivity (Wildman–Crippen MR) is 128 cm³/mol. The van der Waals surface area contributed by atoms with Crippen LogP contribution in [-0.2, 0) is 11.3 Å². The van der Waals surface area contributed by atoms with E-state index in [1.54, 1.807) is 28.8 Å². The fourth-order valence-corrected chi connectivity index (χ4v) is 3.69. The molecule has 8 nitrogen and oxygen atoms in total. The number of rotatable bonds is 6. The van der Waals surface area contributed by atoms with Crippen LogP contribution in [0.25, 0.3) is 28.2 Å². The van der Waals surface area contributed by atoms with Gasteiger partial charge >= 0.3 is 5.97 Å². The van der Waals surface area contributed by atoms with Crippen LogP contribution in [0.5, 0.6) is 5.75 Å². The van der Waals surface area contributed by atoms with Crippen LogP contribution >= 0.6 is 0 Å². The highest BCUT2D eigenvalue weighted by atomic mass is 16.5. The van der Waals surface area contributed by atoms with Gasteiger partial charge in [-0.1, -0.05) is 54.6 Å². The number of methoxy groups -OCH3 is 1. The van der Waals surface area contributed by atoms with E-state index < -0.39 is 5.97 Å². The van der Waals surface area contributed by atoms with Crippen molar-refractivity contribution in [2.45, 2.75) is 6.61 Å². The first-order valence-corrected chi connectivity index (χ1v) is 10.6. The summed E-state index contributed by atoms with van der Waals surface area (Å²) < 4.78 is 12.4. The molecule has 168 valence electrons. The molecule has 2 N–H and O–H groups in total. The van der Waals surface area contributed by atoms with Gasteiger partial charge in [0.25, 0.3) is 0 Å². The van der Waals surface area contributed by atoms with Gasteiger partial charge in [-0.3, -0.25) is 0 Å². The van der Waals surface area contributed by atoms with Crippen LogP contribution in [0, 0.1) is 0 Å². The average Bonchev–Trinajstić information content (AvgIpc) is 3.29. The van der Waals surface area contributed by atoms with Gasteiger partial charge in [0.05, 0.1) is 12.7 Å². The lowest BCUT2D eigenvalue weighted by molar-refractivity contribution is 0.0600. The van der Waals surface area contributed by atoms with Gasteiger partial charge in [0.15, 0.2) is 11.6 Å². The topological polar surface area (TPSA) is 105 Å². The number of nitrogens with two attached hydrogens (primary N) is 1. The second kappa shape index (κ2) is 9.03. The van der Waals surface area contributed by atoms with Gasteiger partial charge in [0, 0.05) is 11.1 Å². The number of aromatic nitrogens is 4. The average molecular weight is 451 g/mol. The zero-order chi connectivity index (χ0) is 23.5.